The summed E-state index contributed by atoms with van der Waals surface area (Å²) in [5.74, 6) is -0.127. The van der Waals surface area contributed by atoms with Crippen LogP contribution in [0.1, 0.15) is 29.6 Å². The highest BCUT2D eigenvalue weighted by molar-refractivity contribution is 7.92. The predicted octanol–water partition coefficient (Wildman–Crippen LogP) is 2.29. The van der Waals surface area contributed by atoms with Crippen molar-refractivity contribution >= 4 is 33.2 Å². The third kappa shape index (κ3) is 4.37. The van der Waals surface area contributed by atoms with Crippen LogP contribution in [-0.2, 0) is 16.6 Å². The van der Waals surface area contributed by atoms with Crippen molar-refractivity contribution in [3.63, 3.8) is 0 Å². The lowest BCUT2D eigenvalue weighted by molar-refractivity contribution is 0.0953. The lowest BCUT2D eigenvalue weighted by Gasteiger charge is -2.28. The van der Waals surface area contributed by atoms with Crippen molar-refractivity contribution in [2.24, 2.45) is 0 Å². The van der Waals surface area contributed by atoms with Gasteiger partial charge in [-0.15, -0.1) is 0 Å². The van der Waals surface area contributed by atoms with Gasteiger partial charge in [0, 0.05) is 32.0 Å². The van der Waals surface area contributed by atoms with Crippen LogP contribution in [0.2, 0.25) is 5.02 Å². The normalized spacial score (nSPS) is 16.4. The number of hydrogen-bond donors (Lipinski definition) is 1. The van der Waals surface area contributed by atoms with E-state index in [9.17, 15) is 13.2 Å². The summed E-state index contributed by atoms with van der Waals surface area (Å²) in [4.78, 5) is 16.3. The molecule has 1 aromatic heterocycles. The Labute approximate surface area is 158 Å². The first-order valence-corrected chi connectivity index (χ1v) is 10.5. The van der Waals surface area contributed by atoms with Crippen molar-refractivity contribution in [3.05, 3.63) is 47.5 Å². The second-order valence-corrected chi connectivity index (χ2v) is 8.59. The van der Waals surface area contributed by atoms with E-state index in [1.165, 1.54) is 4.31 Å². The molecule has 0 radical (unpaired) electrons. The van der Waals surface area contributed by atoms with Crippen LogP contribution in [0.25, 0.3) is 0 Å². The molecular formula is C17H21ClN4O3S. The number of imidazole rings is 1. The minimum atomic E-state index is -3.30. The fourth-order valence-corrected chi connectivity index (χ4v) is 4.79. The Morgan fingerprint density at radius 1 is 1.31 bits per heavy atom. The number of aromatic nitrogens is 2. The number of sulfonamides is 1. The molecular weight excluding hydrogens is 376 g/mol. The molecule has 1 fully saturated rings. The molecule has 1 saturated heterocycles. The van der Waals surface area contributed by atoms with Crippen molar-refractivity contribution in [2.75, 3.05) is 23.1 Å². The minimum absolute atomic E-state index is 0.143. The van der Waals surface area contributed by atoms with Gasteiger partial charge in [-0.05, 0) is 37.5 Å². The van der Waals surface area contributed by atoms with Crippen LogP contribution < -0.4 is 9.62 Å². The summed E-state index contributed by atoms with van der Waals surface area (Å²) in [6, 6.07) is 4.76. The van der Waals surface area contributed by atoms with Crippen molar-refractivity contribution in [3.8, 4) is 0 Å². The van der Waals surface area contributed by atoms with Crippen LogP contribution >= 0.6 is 11.6 Å². The second kappa shape index (κ2) is 8.09. The fourth-order valence-electron chi connectivity index (χ4n) is 2.90. The molecule has 0 bridgehead atoms. The summed E-state index contributed by atoms with van der Waals surface area (Å²) in [6.45, 7) is 1.72. The van der Waals surface area contributed by atoms with E-state index in [2.05, 4.69) is 10.3 Å². The highest BCUT2D eigenvalue weighted by Crippen LogP contribution is 2.28. The maximum Gasteiger partial charge on any atom is 0.252 e. The summed E-state index contributed by atoms with van der Waals surface area (Å²) < 4.78 is 27.7. The van der Waals surface area contributed by atoms with E-state index in [1.807, 2.05) is 10.8 Å². The molecule has 2 heterocycles. The van der Waals surface area contributed by atoms with Crippen LogP contribution in [0.4, 0.5) is 5.69 Å². The first-order chi connectivity index (χ1) is 12.5. The number of nitrogens with one attached hydrogen (secondary N) is 1. The number of halogens is 1. The summed E-state index contributed by atoms with van der Waals surface area (Å²) in [5.41, 5.74) is 0.846. The minimum Gasteiger partial charge on any atom is -0.352 e. The van der Waals surface area contributed by atoms with E-state index in [4.69, 9.17) is 11.6 Å². The van der Waals surface area contributed by atoms with E-state index >= 15 is 0 Å². The van der Waals surface area contributed by atoms with Crippen LogP contribution in [-0.4, -0.2) is 42.7 Å². The van der Waals surface area contributed by atoms with E-state index in [1.54, 1.807) is 30.7 Å². The highest BCUT2D eigenvalue weighted by Gasteiger charge is 2.26. The maximum absolute atomic E-state index is 12.3. The Bertz CT molecular complexity index is 868. The molecule has 1 amide bonds. The number of carbonyl (C=O) groups is 1. The smallest absolute Gasteiger partial charge is 0.252 e. The fraction of sp³-hybridized carbons (Fsp3) is 0.412. The standard InChI is InChI=1S/C17H21ClN4O3S/c18-16-12-14(22-9-1-2-11-26(22,24)25)4-5-15(16)17(23)20-6-3-8-21-10-7-19-13-21/h4-5,7,10,12-13H,1-3,6,8-9,11H2,(H,20,23). The van der Waals surface area contributed by atoms with Gasteiger partial charge in [0.1, 0.15) is 0 Å². The monoisotopic (exact) mass is 396 g/mol. The molecule has 3 rings (SSSR count). The number of carbonyl (C=O) groups excluding carboxylic acids is 1. The summed E-state index contributed by atoms with van der Waals surface area (Å²) in [6.07, 6.45) is 7.56. The molecule has 26 heavy (non-hydrogen) atoms. The summed E-state index contributed by atoms with van der Waals surface area (Å²) in [5, 5.41) is 3.07. The molecule has 0 spiro atoms. The number of amides is 1. The van der Waals surface area contributed by atoms with Gasteiger partial charge in [0.25, 0.3) is 5.91 Å². The molecule has 1 N–H and O–H groups in total. The lowest BCUT2D eigenvalue weighted by atomic mass is 10.2. The SMILES string of the molecule is O=C(NCCCn1ccnc1)c1ccc(N2CCCCS2(=O)=O)cc1Cl. The van der Waals surface area contributed by atoms with E-state index in [0.717, 1.165) is 19.4 Å². The Kier molecular flexibility index (Phi) is 5.83. The molecule has 140 valence electrons. The molecule has 1 aliphatic rings. The Morgan fingerprint density at radius 3 is 2.85 bits per heavy atom. The maximum atomic E-state index is 12.3. The molecule has 2 aromatic rings. The quantitative estimate of drug-likeness (QED) is 0.759. The first-order valence-electron chi connectivity index (χ1n) is 8.51. The lowest BCUT2D eigenvalue weighted by Crippen LogP contribution is -2.37. The molecule has 0 unspecified atom stereocenters. The van der Waals surface area contributed by atoms with Gasteiger partial charge >= 0.3 is 0 Å². The number of aryl methyl sites for hydroxylation is 1. The van der Waals surface area contributed by atoms with E-state index in [-0.39, 0.29) is 16.7 Å². The van der Waals surface area contributed by atoms with Crippen molar-refractivity contribution in [1.82, 2.24) is 14.9 Å². The molecule has 0 atom stereocenters. The number of rotatable bonds is 6. The summed E-state index contributed by atoms with van der Waals surface area (Å²) in [7, 11) is -3.30. The topological polar surface area (TPSA) is 84.3 Å². The average Bonchev–Trinajstić information content (AvgIpc) is 3.11. The zero-order valence-electron chi connectivity index (χ0n) is 14.3. The predicted molar refractivity (Wildman–Crippen MR) is 101 cm³/mol. The summed E-state index contributed by atoms with van der Waals surface area (Å²) >= 11 is 6.24. The van der Waals surface area contributed by atoms with Gasteiger partial charge < -0.3 is 9.88 Å². The Balaban J connectivity index is 1.60. The molecule has 1 aromatic carbocycles. The van der Waals surface area contributed by atoms with Crippen LogP contribution in [0, 0.1) is 0 Å². The third-order valence-corrected chi connectivity index (χ3v) is 6.45. The number of anilines is 1. The van der Waals surface area contributed by atoms with Gasteiger partial charge in [-0.1, -0.05) is 11.6 Å². The van der Waals surface area contributed by atoms with E-state index < -0.39 is 10.0 Å². The van der Waals surface area contributed by atoms with Gasteiger partial charge in [-0.2, -0.15) is 0 Å². The molecule has 7 nitrogen and oxygen atoms in total. The van der Waals surface area contributed by atoms with Crippen molar-refractivity contribution < 1.29 is 13.2 Å². The largest absolute Gasteiger partial charge is 0.352 e. The van der Waals surface area contributed by atoms with Crippen molar-refractivity contribution in [2.45, 2.75) is 25.8 Å². The van der Waals surface area contributed by atoms with Gasteiger partial charge in [0.2, 0.25) is 10.0 Å². The zero-order valence-corrected chi connectivity index (χ0v) is 15.8. The number of nitrogens with zero attached hydrogens (tertiary/aromatic N) is 3. The van der Waals surface area contributed by atoms with Gasteiger partial charge in [0.15, 0.2) is 0 Å². The van der Waals surface area contributed by atoms with Gasteiger partial charge in [-0.3, -0.25) is 9.10 Å². The van der Waals surface area contributed by atoms with Crippen LogP contribution in [0.3, 0.4) is 0 Å². The molecule has 1 aliphatic heterocycles. The molecule has 9 heteroatoms. The first kappa shape index (κ1) is 18.7. The molecule has 0 aliphatic carbocycles. The number of hydrogen-bond acceptors (Lipinski definition) is 4. The Morgan fingerprint density at radius 2 is 2.15 bits per heavy atom. The second-order valence-electron chi connectivity index (χ2n) is 6.17. The average molecular weight is 397 g/mol. The van der Waals surface area contributed by atoms with Gasteiger partial charge in [-0.25, -0.2) is 13.4 Å². The third-order valence-electron chi connectivity index (χ3n) is 4.27. The number of benzene rings is 1. The van der Waals surface area contributed by atoms with Crippen molar-refractivity contribution in [1.29, 1.82) is 0 Å². The van der Waals surface area contributed by atoms with Crippen LogP contribution in [0.15, 0.2) is 36.9 Å². The molecule has 0 saturated carbocycles. The Hall–Kier alpha value is -2.06. The highest BCUT2D eigenvalue weighted by atomic mass is 35.5. The van der Waals surface area contributed by atoms with Gasteiger partial charge in [0.05, 0.1) is 28.4 Å². The van der Waals surface area contributed by atoms with E-state index in [0.29, 0.717) is 30.8 Å². The van der Waals surface area contributed by atoms with Crippen LogP contribution in [0.5, 0.6) is 0 Å². The zero-order chi connectivity index (χ0) is 18.6.